The summed E-state index contributed by atoms with van der Waals surface area (Å²) in [6, 6.07) is 7.23. The molecule has 0 unspecified atom stereocenters. The van der Waals surface area contributed by atoms with Crippen LogP contribution < -0.4 is 15.8 Å². The lowest BCUT2D eigenvalue weighted by Crippen LogP contribution is -2.23. The highest BCUT2D eigenvalue weighted by molar-refractivity contribution is 5.93. The number of nitrogens with two attached hydrogens (primary N) is 1. The summed E-state index contributed by atoms with van der Waals surface area (Å²) >= 11 is 0. The van der Waals surface area contributed by atoms with Gasteiger partial charge in [0.15, 0.2) is 0 Å². The Bertz CT molecular complexity index is 626. The summed E-state index contributed by atoms with van der Waals surface area (Å²) in [5.41, 5.74) is 8.79. The molecule has 5 nitrogen and oxygen atoms in total. The number of nitrogen functional groups attached to an aromatic ring is 1. The second-order valence-electron chi connectivity index (χ2n) is 4.51. The first-order valence-electron chi connectivity index (χ1n) is 6.22. The molecule has 0 fully saturated rings. The number of amides is 1. The monoisotopic (exact) mass is 271 g/mol. The quantitative estimate of drug-likeness (QED) is 0.833. The molecule has 1 aromatic heterocycles. The van der Waals surface area contributed by atoms with Gasteiger partial charge in [0.25, 0.3) is 5.91 Å². The van der Waals surface area contributed by atoms with Crippen LogP contribution in [0.15, 0.2) is 36.7 Å². The van der Waals surface area contributed by atoms with Crippen LogP contribution >= 0.6 is 0 Å². The highest BCUT2D eigenvalue weighted by Crippen LogP contribution is 2.21. The van der Waals surface area contributed by atoms with Crippen LogP contribution in [0.4, 0.5) is 5.69 Å². The molecule has 1 amide bonds. The first kappa shape index (κ1) is 13.9. The minimum atomic E-state index is -0.157. The molecule has 0 aliphatic heterocycles. The molecule has 0 aliphatic rings. The molecule has 0 atom stereocenters. The zero-order chi connectivity index (χ0) is 14.5. The topological polar surface area (TPSA) is 77.2 Å². The van der Waals surface area contributed by atoms with Gasteiger partial charge in [-0.05, 0) is 36.2 Å². The molecule has 3 N–H and O–H groups in total. The summed E-state index contributed by atoms with van der Waals surface area (Å²) in [4.78, 5) is 16.0. The Hall–Kier alpha value is -2.56. The van der Waals surface area contributed by atoms with E-state index in [4.69, 9.17) is 10.5 Å². The third kappa shape index (κ3) is 3.26. The first-order valence-corrected chi connectivity index (χ1v) is 6.22. The molecule has 1 aromatic carbocycles. The van der Waals surface area contributed by atoms with Gasteiger partial charge in [0.05, 0.1) is 18.4 Å². The predicted molar refractivity (Wildman–Crippen MR) is 77.6 cm³/mol. The average Bonchev–Trinajstić information content (AvgIpc) is 2.45. The Morgan fingerprint density at radius 1 is 1.35 bits per heavy atom. The van der Waals surface area contributed by atoms with Gasteiger partial charge in [-0.2, -0.15) is 0 Å². The summed E-state index contributed by atoms with van der Waals surface area (Å²) < 4.78 is 5.09. The lowest BCUT2D eigenvalue weighted by molar-refractivity contribution is 0.0950. The normalized spacial score (nSPS) is 10.1. The number of aromatic nitrogens is 1. The standard InChI is InChI=1S/C15H17N3O2/c1-10-5-12(9-17-7-10)15(19)18-8-11-3-4-14(20-2)13(16)6-11/h3-7,9H,8,16H2,1-2H3,(H,18,19). The fourth-order valence-corrected chi connectivity index (χ4v) is 1.86. The van der Waals surface area contributed by atoms with Crippen LogP contribution in [0, 0.1) is 6.92 Å². The van der Waals surface area contributed by atoms with E-state index in [0.29, 0.717) is 23.5 Å². The largest absolute Gasteiger partial charge is 0.495 e. The highest BCUT2D eigenvalue weighted by atomic mass is 16.5. The molecular formula is C15H17N3O2. The maximum atomic E-state index is 12.0. The minimum Gasteiger partial charge on any atom is -0.495 e. The van der Waals surface area contributed by atoms with E-state index in [2.05, 4.69) is 10.3 Å². The number of methoxy groups -OCH3 is 1. The van der Waals surface area contributed by atoms with E-state index in [1.165, 1.54) is 0 Å². The number of hydrogen-bond acceptors (Lipinski definition) is 4. The molecule has 0 radical (unpaired) electrons. The predicted octanol–water partition coefficient (Wildman–Crippen LogP) is 1.91. The number of carbonyl (C=O) groups is 1. The van der Waals surface area contributed by atoms with Crippen LogP contribution in [-0.2, 0) is 6.54 Å². The van der Waals surface area contributed by atoms with Crippen molar-refractivity contribution in [2.75, 3.05) is 12.8 Å². The molecule has 0 saturated carbocycles. The summed E-state index contributed by atoms with van der Waals surface area (Å²) in [5.74, 6) is 0.471. The van der Waals surface area contributed by atoms with E-state index >= 15 is 0 Å². The Morgan fingerprint density at radius 2 is 2.15 bits per heavy atom. The molecular weight excluding hydrogens is 254 g/mol. The first-order chi connectivity index (χ1) is 9.60. The molecule has 5 heteroatoms. The summed E-state index contributed by atoms with van der Waals surface area (Å²) in [7, 11) is 1.57. The number of nitrogens with one attached hydrogen (secondary N) is 1. The van der Waals surface area contributed by atoms with Crippen molar-refractivity contribution in [1.82, 2.24) is 10.3 Å². The number of ether oxygens (including phenoxy) is 1. The molecule has 20 heavy (non-hydrogen) atoms. The molecule has 0 aliphatic carbocycles. The number of anilines is 1. The van der Waals surface area contributed by atoms with E-state index in [0.717, 1.165) is 11.1 Å². The molecule has 0 spiro atoms. The maximum Gasteiger partial charge on any atom is 0.253 e. The molecule has 1 heterocycles. The average molecular weight is 271 g/mol. The van der Waals surface area contributed by atoms with Gasteiger partial charge in [-0.15, -0.1) is 0 Å². The zero-order valence-corrected chi connectivity index (χ0v) is 11.5. The van der Waals surface area contributed by atoms with Crippen molar-refractivity contribution in [1.29, 1.82) is 0 Å². The van der Waals surface area contributed by atoms with Crippen LogP contribution in [0.2, 0.25) is 0 Å². The number of rotatable bonds is 4. The molecule has 0 saturated heterocycles. The van der Waals surface area contributed by atoms with E-state index in [-0.39, 0.29) is 5.91 Å². The number of carbonyl (C=O) groups excluding carboxylic acids is 1. The van der Waals surface area contributed by atoms with E-state index < -0.39 is 0 Å². The van der Waals surface area contributed by atoms with Crippen LogP contribution in [0.5, 0.6) is 5.75 Å². The Labute approximate surface area is 117 Å². The van der Waals surface area contributed by atoms with Gasteiger partial charge < -0.3 is 15.8 Å². The van der Waals surface area contributed by atoms with E-state index in [9.17, 15) is 4.79 Å². The third-order valence-corrected chi connectivity index (χ3v) is 2.88. The van der Waals surface area contributed by atoms with Crippen molar-refractivity contribution in [3.63, 3.8) is 0 Å². The number of hydrogen-bond donors (Lipinski definition) is 2. The van der Waals surface area contributed by atoms with E-state index in [1.54, 1.807) is 37.7 Å². The highest BCUT2D eigenvalue weighted by Gasteiger charge is 2.06. The summed E-state index contributed by atoms with van der Waals surface area (Å²) in [6.45, 7) is 2.30. The lowest BCUT2D eigenvalue weighted by Gasteiger charge is -2.08. The van der Waals surface area contributed by atoms with Crippen LogP contribution in [0.3, 0.4) is 0 Å². The molecule has 2 aromatic rings. The van der Waals surface area contributed by atoms with Crippen LogP contribution in [-0.4, -0.2) is 18.0 Å². The van der Waals surface area contributed by atoms with Gasteiger partial charge in [0.1, 0.15) is 5.75 Å². The summed E-state index contributed by atoms with van der Waals surface area (Å²) in [6.07, 6.45) is 3.26. The molecule has 0 bridgehead atoms. The van der Waals surface area contributed by atoms with E-state index in [1.807, 2.05) is 13.0 Å². The van der Waals surface area contributed by atoms with Crippen molar-refractivity contribution in [3.8, 4) is 5.75 Å². The maximum absolute atomic E-state index is 12.0. The summed E-state index contributed by atoms with van der Waals surface area (Å²) in [5, 5.41) is 2.83. The number of pyridine rings is 1. The van der Waals surface area contributed by atoms with Crippen molar-refractivity contribution >= 4 is 11.6 Å². The third-order valence-electron chi connectivity index (χ3n) is 2.88. The smallest absolute Gasteiger partial charge is 0.253 e. The molecule has 2 rings (SSSR count). The van der Waals surface area contributed by atoms with Gasteiger partial charge in [-0.1, -0.05) is 6.07 Å². The SMILES string of the molecule is COc1ccc(CNC(=O)c2cncc(C)c2)cc1N. The Morgan fingerprint density at radius 3 is 2.80 bits per heavy atom. The Balaban J connectivity index is 2.02. The molecule has 104 valence electrons. The second-order valence-corrected chi connectivity index (χ2v) is 4.51. The van der Waals surface area contributed by atoms with Gasteiger partial charge in [-0.25, -0.2) is 0 Å². The fourth-order valence-electron chi connectivity index (χ4n) is 1.86. The van der Waals surface area contributed by atoms with Crippen LogP contribution in [0.25, 0.3) is 0 Å². The lowest BCUT2D eigenvalue weighted by atomic mass is 10.1. The van der Waals surface area contributed by atoms with Gasteiger partial charge in [-0.3, -0.25) is 9.78 Å². The van der Waals surface area contributed by atoms with Crippen LogP contribution in [0.1, 0.15) is 21.5 Å². The van der Waals surface area contributed by atoms with Crippen molar-refractivity contribution < 1.29 is 9.53 Å². The number of benzene rings is 1. The van der Waals surface area contributed by atoms with Crippen molar-refractivity contribution in [2.45, 2.75) is 13.5 Å². The van der Waals surface area contributed by atoms with Crippen molar-refractivity contribution in [2.24, 2.45) is 0 Å². The van der Waals surface area contributed by atoms with Gasteiger partial charge in [0.2, 0.25) is 0 Å². The van der Waals surface area contributed by atoms with Crippen molar-refractivity contribution in [3.05, 3.63) is 53.3 Å². The number of nitrogens with zero attached hydrogens (tertiary/aromatic N) is 1. The fraction of sp³-hybridized carbons (Fsp3) is 0.200. The number of aryl methyl sites for hydroxylation is 1. The van der Waals surface area contributed by atoms with Gasteiger partial charge >= 0.3 is 0 Å². The minimum absolute atomic E-state index is 0.157. The zero-order valence-electron chi connectivity index (χ0n) is 11.5. The Kier molecular flexibility index (Phi) is 4.20. The second kappa shape index (κ2) is 6.06. The van der Waals surface area contributed by atoms with Gasteiger partial charge in [0, 0.05) is 18.9 Å².